The molecule has 0 atom stereocenters. The van der Waals surface area contributed by atoms with Crippen LogP contribution >= 0.6 is 11.3 Å². The first kappa shape index (κ1) is 14.4. The molecule has 0 spiro atoms. The molecule has 0 aromatic carbocycles. The van der Waals surface area contributed by atoms with Gasteiger partial charge < -0.3 is 10.5 Å². The van der Waals surface area contributed by atoms with Crippen molar-refractivity contribution in [3.63, 3.8) is 0 Å². The number of carbonyl (C=O) groups is 1. The van der Waals surface area contributed by atoms with Crippen molar-refractivity contribution in [2.75, 3.05) is 18.1 Å². The molecule has 20 heavy (non-hydrogen) atoms. The number of aromatic nitrogens is 4. The number of rotatable bonds is 5. The summed E-state index contributed by atoms with van der Waals surface area (Å²) in [7, 11) is -4.00. The van der Waals surface area contributed by atoms with Crippen molar-refractivity contribution in [2.24, 2.45) is 0 Å². The fourth-order valence-corrected chi connectivity index (χ4v) is 3.08. The Morgan fingerprint density at radius 3 is 2.90 bits per heavy atom. The number of nitrogen functional groups attached to an aromatic ring is 1. The Bertz CT molecular complexity index is 707. The summed E-state index contributed by atoms with van der Waals surface area (Å²) in [6.45, 7) is 1.67. The number of esters is 1. The molecule has 108 valence electrons. The molecule has 2 rings (SSSR count). The predicted octanol–water partition coefficient (Wildman–Crippen LogP) is -0.357. The van der Waals surface area contributed by atoms with Crippen LogP contribution in [0.2, 0.25) is 0 Å². The molecule has 0 aliphatic rings. The summed E-state index contributed by atoms with van der Waals surface area (Å²) in [5.74, 6) is -1.89. The summed E-state index contributed by atoms with van der Waals surface area (Å²) < 4.78 is 29.7. The minimum atomic E-state index is -4.00. The van der Waals surface area contributed by atoms with E-state index in [0.29, 0.717) is 5.13 Å². The SMILES string of the molecule is CCOC(=O)CS(=O)(=O)c1nnn(-c2nccs2)c1N. The third kappa shape index (κ3) is 2.77. The number of hydrogen-bond donors (Lipinski definition) is 1. The van der Waals surface area contributed by atoms with Crippen molar-refractivity contribution in [3.05, 3.63) is 11.6 Å². The maximum absolute atomic E-state index is 12.0. The molecule has 0 aliphatic carbocycles. The maximum atomic E-state index is 12.0. The smallest absolute Gasteiger partial charge is 0.321 e. The standard InChI is InChI=1S/C9H11N5O4S2/c1-2-18-6(15)5-20(16,17)8-7(10)14(13-12-8)9-11-3-4-19-9/h3-4H,2,5,10H2,1H3. The molecule has 2 N–H and O–H groups in total. The third-order valence-electron chi connectivity index (χ3n) is 2.18. The molecule has 0 unspecified atom stereocenters. The van der Waals surface area contributed by atoms with Crippen molar-refractivity contribution < 1.29 is 17.9 Å². The van der Waals surface area contributed by atoms with E-state index in [1.165, 1.54) is 17.5 Å². The number of thiazole rings is 1. The fourth-order valence-electron chi connectivity index (χ4n) is 1.38. The van der Waals surface area contributed by atoms with Gasteiger partial charge in [-0.25, -0.2) is 13.4 Å². The molecule has 0 aliphatic heterocycles. The monoisotopic (exact) mass is 317 g/mol. The Labute approximate surface area is 118 Å². The van der Waals surface area contributed by atoms with Crippen molar-refractivity contribution in [2.45, 2.75) is 11.9 Å². The lowest BCUT2D eigenvalue weighted by Gasteiger charge is -2.02. The summed E-state index contributed by atoms with van der Waals surface area (Å²) in [5.41, 5.74) is 5.70. The second-order valence-electron chi connectivity index (χ2n) is 3.57. The first-order valence-electron chi connectivity index (χ1n) is 5.45. The normalized spacial score (nSPS) is 11.4. The van der Waals surface area contributed by atoms with Gasteiger partial charge in [0.1, 0.15) is 0 Å². The van der Waals surface area contributed by atoms with Crippen LogP contribution in [0, 0.1) is 0 Å². The van der Waals surface area contributed by atoms with E-state index in [0.717, 1.165) is 4.68 Å². The third-order valence-corrected chi connectivity index (χ3v) is 4.42. The number of hydrogen-bond acceptors (Lipinski definition) is 9. The zero-order valence-corrected chi connectivity index (χ0v) is 12.0. The molecule has 0 fully saturated rings. The highest BCUT2D eigenvalue weighted by molar-refractivity contribution is 7.92. The summed E-state index contributed by atoms with van der Waals surface area (Å²) in [6.07, 6.45) is 1.52. The second kappa shape index (κ2) is 5.54. The minimum absolute atomic E-state index is 0.0929. The van der Waals surface area contributed by atoms with E-state index < -0.39 is 26.6 Å². The minimum Gasteiger partial charge on any atom is -0.465 e. The van der Waals surface area contributed by atoms with Gasteiger partial charge in [-0.15, -0.1) is 16.4 Å². The summed E-state index contributed by atoms with van der Waals surface area (Å²) >= 11 is 1.22. The van der Waals surface area contributed by atoms with Crippen LogP contribution in [0.4, 0.5) is 5.82 Å². The van der Waals surface area contributed by atoms with E-state index in [-0.39, 0.29) is 12.4 Å². The van der Waals surface area contributed by atoms with Gasteiger partial charge in [0.15, 0.2) is 11.6 Å². The van der Waals surface area contributed by atoms with Crippen molar-refractivity contribution in [1.82, 2.24) is 20.0 Å². The van der Waals surface area contributed by atoms with Gasteiger partial charge >= 0.3 is 5.97 Å². The number of ether oxygens (including phenoxy) is 1. The van der Waals surface area contributed by atoms with Crippen LogP contribution in [0.1, 0.15) is 6.92 Å². The van der Waals surface area contributed by atoms with Gasteiger partial charge in [-0.1, -0.05) is 5.21 Å². The van der Waals surface area contributed by atoms with Gasteiger partial charge in [-0.05, 0) is 6.92 Å². The predicted molar refractivity (Wildman–Crippen MR) is 70.1 cm³/mol. The first-order valence-corrected chi connectivity index (χ1v) is 7.98. The maximum Gasteiger partial charge on any atom is 0.321 e. The van der Waals surface area contributed by atoms with Crippen molar-refractivity contribution in [3.8, 4) is 5.13 Å². The number of nitrogens with two attached hydrogens (primary N) is 1. The average molecular weight is 317 g/mol. The highest BCUT2D eigenvalue weighted by Gasteiger charge is 2.28. The summed E-state index contributed by atoms with van der Waals surface area (Å²) in [5, 5.41) is 8.76. The van der Waals surface area contributed by atoms with Crippen LogP contribution in [0.5, 0.6) is 0 Å². The molecule has 0 saturated carbocycles. The molecular weight excluding hydrogens is 306 g/mol. The Hall–Kier alpha value is -2.01. The molecule has 0 radical (unpaired) electrons. The Balaban J connectivity index is 2.32. The van der Waals surface area contributed by atoms with Crippen molar-refractivity contribution >= 4 is 33.0 Å². The largest absolute Gasteiger partial charge is 0.465 e. The van der Waals surface area contributed by atoms with Crippen LogP contribution in [0.15, 0.2) is 16.6 Å². The first-order chi connectivity index (χ1) is 9.45. The molecule has 0 saturated heterocycles. The molecule has 2 aromatic heterocycles. The number of sulfone groups is 1. The Morgan fingerprint density at radius 1 is 1.55 bits per heavy atom. The molecule has 11 heteroatoms. The molecular formula is C9H11N5O4S2. The van der Waals surface area contributed by atoms with Crippen LogP contribution in [-0.4, -0.2) is 46.7 Å². The van der Waals surface area contributed by atoms with Gasteiger partial charge in [-0.3, -0.25) is 4.79 Å². The highest BCUT2D eigenvalue weighted by atomic mass is 32.2. The van der Waals surface area contributed by atoms with Crippen LogP contribution in [-0.2, 0) is 19.4 Å². The lowest BCUT2D eigenvalue weighted by atomic mass is 10.7. The molecule has 9 nitrogen and oxygen atoms in total. The van der Waals surface area contributed by atoms with Crippen LogP contribution in [0.3, 0.4) is 0 Å². The zero-order chi connectivity index (χ0) is 14.8. The fraction of sp³-hybridized carbons (Fsp3) is 0.333. The van der Waals surface area contributed by atoms with Crippen LogP contribution < -0.4 is 5.73 Å². The van der Waals surface area contributed by atoms with Gasteiger partial charge in [0.25, 0.3) is 0 Å². The van der Waals surface area contributed by atoms with Gasteiger partial charge in [0.2, 0.25) is 20.0 Å². The number of anilines is 1. The zero-order valence-electron chi connectivity index (χ0n) is 10.4. The quantitative estimate of drug-likeness (QED) is 0.740. The topological polar surface area (TPSA) is 130 Å². The van der Waals surface area contributed by atoms with E-state index in [1.54, 1.807) is 12.3 Å². The lowest BCUT2D eigenvalue weighted by molar-refractivity contribution is -0.139. The molecule has 2 heterocycles. The highest BCUT2D eigenvalue weighted by Crippen LogP contribution is 2.21. The summed E-state index contributed by atoms with van der Waals surface area (Å²) in [6, 6.07) is 0. The molecule has 0 amide bonds. The van der Waals surface area contributed by atoms with E-state index >= 15 is 0 Å². The summed E-state index contributed by atoms with van der Waals surface area (Å²) in [4.78, 5) is 15.2. The number of nitrogens with zero attached hydrogens (tertiary/aromatic N) is 4. The van der Waals surface area contributed by atoms with E-state index in [9.17, 15) is 13.2 Å². The molecule has 2 aromatic rings. The lowest BCUT2D eigenvalue weighted by Crippen LogP contribution is -2.20. The number of carbonyl (C=O) groups excluding carboxylic acids is 1. The van der Waals surface area contributed by atoms with Crippen molar-refractivity contribution in [1.29, 1.82) is 0 Å². The van der Waals surface area contributed by atoms with E-state index in [2.05, 4.69) is 20.0 Å². The Morgan fingerprint density at radius 2 is 2.30 bits per heavy atom. The second-order valence-corrected chi connectivity index (χ2v) is 6.35. The van der Waals surface area contributed by atoms with E-state index in [4.69, 9.17) is 5.73 Å². The average Bonchev–Trinajstić information content (AvgIpc) is 2.96. The van der Waals surface area contributed by atoms with Gasteiger partial charge in [-0.2, -0.15) is 4.68 Å². The van der Waals surface area contributed by atoms with Crippen LogP contribution in [0.25, 0.3) is 5.13 Å². The Kier molecular flexibility index (Phi) is 3.99. The van der Waals surface area contributed by atoms with Gasteiger partial charge in [0.05, 0.1) is 6.61 Å². The van der Waals surface area contributed by atoms with E-state index in [1.807, 2.05) is 0 Å². The molecule has 0 bridgehead atoms. The van der Waals surface area contributed by atoms with Gasteiger partial charge in [0, 0.05) is 11.6 Å².